The molecule has 2 aromatic rings. The lowest BCUT2D eigenvalue weighted by atomic mass is 10.1. The molecular formula is C14H14N+. The molecule has 1 heteroatoms. The SMILES string of the molecule is c1ccc(-c2cc[n+]3c(c2)CCC3)cc1. The normalized spacial score (nSPS) is 13.9. The number of fused-ring (bicyclic) bond motifs is 1. The van der Waals surface area contributed by atoms with Crippen molar-refractivity contribution >= 4 is 0 Å². The molecule has 0 saturated heterocycles. The molecule has 0 saturated carbocycles. The maximum absolute atomic E-state index is 2.35. The Morgan fingerprint density at radius 2 is 1.80 bits per heavy atom. The molecule has 0 aliphatic carbocycles. The van der Waals surface area contributed by atoms with Gasteiger partial charge in [-0.1, -0.05) is 30.3 Å². The van der Waals surface area contributed by atoms with Gasteiger partial charge in [0.15, 0.2) is 11.9 Å². The van der Waals surface area contributed by atoms with Crippen LogP contribution >= 0.6 is 0 Å². The lowest BCUT2D eigenvalue weighted by molar-refractivity contribution is -0.690. The minimum atomic E-state index is 1.18. The molecule has 74 valence electrons. The highest BCUT2D eigenvalue weighted by Crippen LogP contribution is 2.20. The van der Waals surface area contributed by atoms with Gasteiger partial charge < -0.3 is 0 Å². The lowest BCUT2D eigenvalue weighted by Gasteiger charge is -2.00. The summed E-state index contributed by atoms with van der Waals surface area (Å²) >= 11 is 0. The van der Waals surface area contributed by atoms with Crippen LogP contribution in [0.2, 0.25) is 0 Å². The number of aromatic nitrogens is 1. The predicted octanol–water partition coefficient (Wildman–Crippen LogP) is 2.59. The molecule has 3 rings (SSSR count). The van der Waals surface area contributed by atoms with Crippen molar-refractivity contribution in [3.63, 3.8) is 0 Å². The zero-order valence-corrected chi connectivity index (χ0v) is 8.69. The van der Waals surface area contributed by atoms with E-state index < -0.39 is 0 Å². The van der Waals surface area contributed by atoms with Crippen LogP contribution in [0.3, 0.4) is 0 Å². The first-order valence-electron chi connectivity index (χ1n) is 5.51. The van der Waals surface area contributed by atoms with Crippen LogP contribution in [0.1, 0.15) is 12.1 Å². The zero-order valence-electron chi connectivity index (χ0n) is 8.69. The molecule has 0 radical (unpaired) electrons. The first kappa shape index (κ1) is 8.66. The lowest BCUT2D eigenvalue weighted by Crippen LogP contribution is -2.31. The summed E-state index contributed by atoms with van der Waals surface area (Å²) in [6.45, 7) is 1.18. The monoisotopic (exact) mass is 196 g/mol. The molecular weight excluding hydrogens is 182 g/mol. The van der Waals surface area contributed by atoms with Crippen LogP contribution in [0.25, 0.3) is 11.1 Å². The van der Waals surface area contributed by atoms with E-state index in [1.54, 1.807) is 0 Å². The molecule has 1 aliphatic heterocycles. The maximum Gasteiger partial charge on any atom is 0.182 e. The van der Waals surface area contributed by atoms with Crippen molar-refractivity contribution in [3.8, 4) is 11.1 Å². The Labute approximate surface area is 90.0 Å². The van der Waals surface area contributed by atoms with Crippen LogP contribution in [0, 0.1) is 0 Å². The Hall–Kier alpha value is -1.63. The zero-order chi connectivity index (χ0) is 10.1. The Bertz CT molecular complexity index is 474. The number of nitrogens with zero attached hydrogens (tertiary/aromatic N) is 1. The van der Waals surface area contributed by atoms with Crippen molar-refractivity contribution in [1.82, 2.24) is 0 Å². The largest absolute Gasteiger partial charge is 0.202 e. The summed E-state index contributed by atoms with van der Waals surface area (Å²) in [6, 6.07) is 15.1. The van der Waals surface area contributed by atoms with Crippen molar-refractivity contribution in [1.29, 1.82) is 0 Å². The van der Waals surface area contributed by atoms with E-state index in [0.717, 1.165) is 0 Å². The average Bonchev–Trinajstić information content (AvgIpc) is 2.77. The highest BCUT2D eigenvalue weighted by molar-refractivity contribution is 5.62. The van der Waals surface area contributed by atoms with E-state index in [1.165, 1.54) is 36.2 Å². The summed E-state index contributed by atoms with van der Waals surface area (Å²) < 4.78 is 2.35. The topological polar surface area (TPSA) is 3.88 Å². The second-order valence-electron chi connectivity index (χ2n) is 4.07. The summed E-state index contributed by atoms with van der Waals surface area (Å²) in [5.41, 5.74) is 4.12. The Balaban J connectivity index is 2.07. The number of aryl methyl sites for hydroxylation is 2. The Kier molecular flexibility index (Phi) is 2.02. The van der Waals surface area contributed by atoms with Gasteiger partial charge in [-0.05, 0) is 11.1 Å². The third kappa shape index (κ3) is 1.54. The first-order valence-corrected chi connectivity index (χ1v) is 5.51. The third-order valence-corrected chi connectivity index (χ3v) is 3.06. The van der Waals surface area contributed by atoms with Crippen LogP contribution in [0.15, 0.2) is 48.7 Å². The molecule has 0 bridgehead atoms. The summed E-state index contributed by atoms with van der Waals surface area (Å²) in [5, 5.41) is 0. The van der Waals surface area contributed by atoms with E-state index in [0.29, 0.717) is 0 Å². The van der Waals surface area contributed by atoms with Crippen LogP contribution in [-0.4, -0.2) is 0 Å². The molecule has 0 spiro atoms. The maximum atomic E-state index is 2.35. The number of hydrogen-bond donors (Lipinski definition) is 0. The van der Waals surface area contributed by atoms with E-state index in [2.05, 4.69) is 53.2 Å². The molecule has 1 aromatic heterocycles. The smallest absolute Gasteiger partial charge is 0.182 e. The van der Waals surface area contributed by atoms with E-state index >= 15 is 0 Å². The number of rotatable bonds is 1. The molecule has 0 N–H and O–H groups in total. The molecule has 15 heavy (non-hydrogen) atoms. The Morgan fingerprint density at radius 3 is 2.67 bits per heavy atom. The van der Waals surface area contributed by atoms with Crippen LogP contribution in [0.5, 0.6) is 0 Å². The molecule has 0 amide bonds. The molecule has 2 heterocycles. The van der Waals surface area contributed by atoms with E-state index in [-0.39, 0.29) is 0 Å². The number of hydrogen-bond acceptors (Lipinski definition) is 0. The van der Waals surface area contributed by atoms with Crippen LogP contribution in [-0.2, 0) is 13.0 Å². The fourth-order valence-electron chi connectivity index (χ4n) is 2.25. The van der Waals surface area contributed by atoms with Gasteiger partial charge in [-0.25, -0.2) is 4.57 Å². The van der Waals surface area contributed by atoms with Gasteiger partial charge in [0.2, 0.25) is 0 Å². The quantitative estimate of drug-likeness (QED) is 0.617. The fourth-order valence-corrected chi connectivity index (χ4v) is 2.25. The summed E-state index contributed by atoms with van der Waals surface area (Å²) in [6.07, 6.45) is 4.73. The van der Waals surface area contributed by atoms with E-state index in [1.807, 2.05) is 0 Å². The van der Waals surface area contributed by atoms with Gasteiger partial charge in [0.1, 0.15) is 6.54 Å². The fraction of sp³-hybridized carbons (Fsp3) is 0.214. The van der Waals surface area contributed by atoms with Crippen LogP contribution in [0.4, 0.5) is 0 Å². The molecule has 0 atom stereocenters. The number of benzene rings is 1. The minimum Gasteiger partial charge on any atom is -0.202 e. The van der Waals surface area contributed by atoms with Gasteiger partial charge in [0, 0.05) is 25.0 Å². The van der Waals surface area contributed by atoms with Gasteiger partial charge in [-0.2, -0.15) is 0 Å². The highest BCUT2D eigenvalue weighted by atomic mass is 15.0. The van der Waals surface area contributed by atoms with Crippen molar-refractivity contribution in [3.05, 3.63) is 54.4 Å². The summed E-state index contributed by atoms with van der Waals surface area (Å²) in [4.78, 5) is 0. The van der Waals surface area contributed by atoms with Gasteiger partial charge in [0.05, 0.1) is 0 Å². The first-order chi connectivity index (χ1) is 7.43. The third-order valence-electron chi connectivity index (χ3n) is 3.06. The predicted molar refractivity (Wildman–Crippen MR) is 60.4 cm³/mol. The molecule has 0 fully saturated rings. The molecule has 1 nitrogen and oxygen atoms in total. The van der Waals surface area contributed by atoms with Crippen molar-refractivity contribution < 1.29 is 4.57 Å². The number of pyridine rings is 1. The van der Waals surface area contributed by atoms with E-state index in [4.69, 9.17) is 0 Å². The van der Waals surface area contributed by atoms with Gasteiger partial charge >= 0.3 is 0 Å². The second-order valence-corrected chi connectivity index (χ2v) is 4.07. The molecule has 1 aliphatic rings. The van der Waals surface area contributed by atoms with Gasteiger partial charge in [0.25, 0.3) is 0 Å². The average molecular weight is 196 g/mol. The van der Waals surface area contributed by atoms with Crippen molar-refractivity contribution in [2.24, 2.45) is 0 Å². The standard InChI is InChI=1S/C14H14N/c1-2-5-12(6-3-1)13-8-10-15-9-4-7-14(15)11-13/h1-3,5-6,8,10-11H,4,7,9H2/q+1. The van der Waals surface area contributed by atoms with Gasteiger partial charge in [-0.3, -0.25) is 0 Å². The van der Waals surface area contributed by atoms with E-state index in [9.17, 15) is 0 Å². The van der Waals surface area contributed by atoms with Crippen LogP contribution < -0.4 is 4.57 Å². The summed E-state index contributed by atoms with van der Waals surface area (Å²) in [7, 11) is 0. The van der Waals surface area contributed by atoms with Crippen molar-refractivity contribution in [2.75, 3.05) is 0 Å². The highest BCUT2D eigenvalue weighted by Gasteiger charge is 2.18. The summed E-state index contributed by atoms with van der Waals surface area (Å²) in [5.74, 6) is 0. The van der Waals surface area contributed by atoms with Crippen molar-refractivity contribution in [2.45, 2.75) is 19.4 Å². The van der Waals surface area contributed by atoms with Gasteiger partial charge in [-0.15, -0.1) is 0 Å². The Morgan fingerprint density at radius 1 is 0.933 bits per heavy atom. The second kappa shape index (κ2) is 3.50. The minimum absolute atomic E-state index is 1.18. The molecule has 0 unspecified atom stereocenters. The molecule has 1 aromatic carbocycles.